The van der Waals surface area contributed by atoms with Crippen molar-refractivity contribution in [2.75, 3.05) is 6.61 Å². The van der Waals surface area contributed by atoms with Gasteiger partial charge in [-0.3, -0.25) is 18.9 Å². The summed E-state index contributed by atoms with van der Waals surface area (Å²) in [6.07, 6.45) is 3.29. The average Bonchev–Trinajstić information content (AvgIpc) is 2.73. The average molecular weight is 427 g/mol. The molecule has 1 aliphatic rings. The Hall–Kier alpha value is -2.50. The van der Waals surface area contributed by atoms with E-state index in [1.165, 1.54) is 12.3 Å². The quantitative estimate of drug-likeness (QED) is 0.370. The van der Waals surface area contributed by atoms with E-state index in [0.29, 0.717) is 39.8 Å². The van der Waals surface area contributed by atoms with E-state index in [2.05, 4.69) is 9.97 Å². The van der Waals surface area contributed by atoms with E-state index < -0.39 is 7.60 Å². The lowest BCUT2D eigenvalue weighted by molar-refractivity contribution is 0.0875. The zero-order valence-corrected chi connectivity index (χ0v) is 16.8. The van der Waals surface area contributed by atoms with Crippen LogP contribution in [0.5, 0.6) is 0 Å². The summed E-state index contributed by atoms with van der Waals surface area (Å²) in [5, 5.41) is 2.28. The smallest absolute Gasteiger partial charge is 0.359 e. The third-order valence-electron chi connectivity index (χ3n) is 5.01. The Balaban J connectivity index is 1.56. The predicted molar refractivity (Wildman–Crippen MR) is 113 cm³/mol. The molecule has 2 atom stereocenters. The molecule has 2 aromatic carbocycles. The third-order valence-corrected chi connectivity index (χ3v) is 7.18. The molecule has 6 nitrogen and oxygen atoms in total. The lowest BCUT2D eigenvalue weighted by Gasteiger charge is -2.30. The first-order chi connectivity index (χ1) is 14.0. The minimum absolute atomic E-state index is 0.0809. The van der Waals surface area contributed by atoms with Gasteiger partial charge >= 0.3 is 7.60 Å². The number of H-pyrrole nitrogens is 1. The van der Waals surface area contributed by atoms with Crippen LogP contribution in [0.3, 0.4) is 0 Å². The summed E-state index contributed by atoms with van der Waals surface area (Å²) < 4.78 is 25.0. The summed E-state index contributed by atoms with van der Waals surface area (Å²) in [7, 11) is -3.55. The van der Waals surface area contributed by atoms with Crippen molar-refractivity contribution >= 4 is 46.3 Å². The molecule has 5 rings (SSSR count). The highest BCUT2D eigenvalue weighted by molar-refractivity contribution is 7.62. The number of fused-ring (bicyclic) bond motifs is 3. The highest BCUT2D eigenvalue weighted by atomic mass is 35.5. The molecule has 0 bridgehead atoms. The van der Waals surface area contributed by atoms with Gasteiger partial charge < -0.3 is 9.51 Å². The van der Waals surface area contributed by atoms with Crippen molar-refractivity contribution in [3.05, 3.63) is 81.7 Å². The second-order valence-electron chi connectivity index (χ2n) is 6.86. The van der Waals surface area contributed by atoms with Crippen LogP contribution in [0.1, 0.15) is 18.1 Å². The molecule has 1 N–H and O–H groups in total. The van der Waals surface area contributed by atoms with Crippen LogP contribution < -0.4 is 10.7 Å². The number of benzene rings is 2. The zero-order chi connectivity index (χ0) is 20.0. The molecule has 0 radical (unpaired) electrons. The summed E-state index contributed by atoms with van der Waals surface area (Å²) >= 11 is 6.09. The number of aromatic amines is 1. The molecule has 2 aromatic heterocycles. The van der Waals surface area contributed by atoms with Crippen LogP contribution in [-0.4, -0.2) is 16.6 Å². The van der Waals surface area contributed by atoms with Gasteiger partial charge in [-0.1, -0.05) is 29.8 Å². The molecule has 0 saturated carbocycles. The standard InChI is InChI=1S/C21H16ClN2O4P/c22-15-3-1-2-13(10-15)19-7-9-27-29(26,28-19)16-11-14-4-5-17-18(25)6-8-23-21(17)20(14)24-12-16/h1-6,8,10-12,19H,7,9H2,(H,23,25)/t19-,29-/m1/s1. The number of aromatic nitrogens is 2. The molecule has 4 aromatic rings. The normalized spacial score (nSPS) is 22.2. The van der Waals surface area contributed by atoms with Crippen LogP contribution in [-0.2, 0) is 13.6 Å². The fraction of sp³-hybridized carbons (Fsp3) is 0.143. The van der Waals surface area contributed by atoms with Crippen LogP contribution in [0.25, 0.3) is 21.8 Å². The van der Waals surface area contributed by atoms with E-state index in [1.807, 2.05) is 18.2 Å². The Morgan fingerprint density at radius 3 is 2.93 bits per heavy atom. The number of nitrogens with zero attached hydrogens (tertiary/aromatic N) is 1. The van der Waals surface area contributed by atoms with Gasteiger partial charge in [0, 0.05) is 40.7 Å². The SMILES string of the molecule is O=c1cc[nH]c2c1ccc1cc([P@@]3(=O)OCC[C@H](c4cccc(Cl)c4)O3)cnc12. The number of hydrogen-bond acceptors (Lipinski definition) is 5. The first-order valence-electron chi connectivity index (χ1n) is 9.13. The minimum Gasteiger partial charge on any atom is -0.359 e. The van der Waals surface area contributed by atoms with Gasteiger partial charge in [-0.15, -0.1) is 0 Å². The Kier molecular flexibility index (Phi) is 4.52. The third kappa shape index (κ3) is 3.28. The molecule has 29 heavy (non-hydrogen) atoms. The largest absolute Gasteiger partial charge is 0.363 e. The second kappa shape index (κ2) is 7.08. The molecular formula is C21H16ClN2O4P. The summed E-state index contributed by atoms with van der Waals surface area (Å²) in [6, 6.07) is 14.1. The molecule has 3 heterocycles. The second-order valence-corrected chi connectivity index (χ2v) is 9.28. The molecule has 1 fully saturated rings. The summed E-state index contributed by atoms with van der Waals surface area (Å²) in [4.78, 5) is 19.6. The van der Waals surface area contributed by atoms with Gasteiger partial charge in [-0.25, -0.2) is 0 Å². The monoisotopic (exact) mass is 426 g/mol. The predicted octanol–water partition coefficient (Wildman–Crippen LogP) is 4.73. The van der Waals surface area contributed by atoms with Crippen molar-refractivity contribution in [2.24, 2.45) is 0 Å². The van der Waals surface area contributed by atoms with Crippen LogP contribution >= 0.6 is 19.2 Å². The summed E-state index contributed by atoms with van der Waals surface area (Å²) in [5.41, 5.74) is 2.04. The molecular weight excluding hydrogens is 411 g/mol. The molecule has 146 valence electrons. The molecule has 1 saturated heterocycles. The zero-order valence-electron chi connectivity index (χ0n) is 15.2. The fourth-order valence-electron chi connectivity index (χ4n) is 3.58. The Labute approximate surface area is 171 Å². The van der Waals surface area contributed by atoms with E-state index in [4.69, 9.17) is 20.6 Å². The fourth-order valence-corrected chi connectivity index (χ4v) is 5.52. The maximum absolute atomic E-state index is 13.5. The Bertz CT molecular complexity index is 1350. The van der Waals surface area contributed by atoms with Crippen molar-refractivity contribution in [3.8, 4) is 0 Å². The molecule has 0 amide bonds. The molecule has 0 aliphatic carbocycles. The van der Waals surface area contributed by atoms with E-state index in [9.17, 15) is 9.36 Å². The van der Waals surface area contributed by atoms with Gasteiger partial charge in [0.25, 0.3) is 0 Å². The minimum atomic E-state index is -3.55. The Morgan fingerprint density at radius 1 is 1.17 bits per heavy atom. The van der Waals surface area contributed by atoms with Crippen LogP contribution in [0.15, 0.2) is 65.7 Å². The van der Waals surface area contributed by atoms with Crippen LogP contribution in [0, 0.1) is 0 Å². The maximum Gasteiger partial charge on any atom is 0.363 e. The van der Waals surface area contributed by atoms with Gasteiger partial charge in [0.2, 0.25) is 0 Å². The number of hydrogen-bond donors (Lipinski definition) is 1. The topological polar surface area (TPSA) is 81.3 Å². The number of halogens is 1. The molecule has 8 heteroatoms. The Morgan fingerprint density at radius 2 is 2.07 bits per heavy atom. The van der Waals surface area contributed by atoms with Crippen molar-refractivity contribution in [3.63, 3.8) is 0 Å². The number of nitrogens with one attached hydrogen (secondary N) is 1. The number of pyridine rings is 2. The van der Waals surface area contributed by atoms with Crippen molar-refractivity contribution < 1.29 is 13.6 Å². The van der Waals surface area contributed by atoms with Gasteiger partial charge in [0.1, 0.15) is 0 Å². The lowest BCUT2D eigenvalue weighted by atomic mass is 10.1. The first-order valence-corrected chi connectivity index (χ1v) is 11.0. The number of rotatable bonds is 2. The van der Waals surface area contributed by atoms with Crippen LogP contribution in [0.2, 0.25) is 5.02 Å². The molecule has 0 spiro atoms. The summed E-state index contributed by atoms with van der Waals surface area (Å²) in [5.74, 6) is 0. The van der Waals surface area contributed by atoms with E-state index in [-0.39, 0.29) is 11.5 Å². The van der Waals surface area contributed by atoms with Crippen molar-refractivity contribution in [2.45, 2.75) is 12.5 Å². The van der Waals surface area contributed by atoms with E-state index in [1.54, 1.807) is 30.5 Å². The highest BCUT2D eigenvalue weighted by Crippen LogP contribution is 2.55. The van der Waals surface area contributed by atoms with E-state index >= 15 is 0 Å². The van der Waals surface area contributed by atoms with Gasteiger partial charge in [-0.05, 0) is 29.8 Å². The highest BCUT2D eigenvalue weighted by Gasteiger charge is 2.36. The lowest BCUT2D eigenvalue weighted by Crippen LogP contribution is -2.20. The maximum atomic E-state index is 13.5. The van der Waals surface area contributed by atoms with Gasteiger partial charge in [0.15, 0.2) is 5.43 Å². The molecule has 0 unspecified atom stereocenters. The van der Waals surface area contributed by atoms with E-state index in [0.717, 1.165) is 10.9 Å². The molecule has 1 aliphatic heterocycles. The first kappa shape index (κ1) is 18.5. The van der Waals surface area contributed by atoms with Crippen molar-refractivity contribution in [1.29, 1.82) is 0 Å². The van der Waals surface area contributed by atoms with Crippen molar-refractivity contribution in [1.82, 2.24) is 9.97 Å². The van der Waals surface area contributed by atoms with Gasteiger partial charge in [-0.2, -0.15) is 0 Å². The summed E-state index contributed by atoms with van der Waals surface area (Å²) in [6.45, 7) is 0.303. The van der Waals surface area contributed by atoms with Crippen LogP contribution in [0.4, 0.5) is 0 Å². The van der Waals surface area contributed by atoms with Gasteiger partial charge in [0.05, 0.1) is 29.0 Å².